The minimum Gasteiger partial charge on any atom is -0.506 e. The molecule has 1 saturated carbocycles. The van der Waals surface area contributed by atoms with Gasteiger partial charge in [-0.05, 0) is 30.5 Å². The van der Waals surface area contributed by atoms with Gasteiger partial charge in [-0.25, -0.2) is 8.42 Å². The number of hydrogen-bond acceptors (Lipinski definition) is 5. The van der Waals surface area contributed by atoms with Crippen molar-refractivity contribution in [3.63, 3.8) is 0 Å². The Bertz CT molecular complexity index is 894. The van der Waals surface area contributed by atoms with Crippen molar-refractivity contribution in [2.75, 3.05) is 6.26 Å². The maximum absolute atomic E-state index is 12.6. The predicted octanol–water partition coefficient (Wildman–Crippen LogP) is 3.53. The zero-order valence-corrected chi connectivity index (χ0v) is 16.2. The number of Topliss-reactive ketones (excluding diaryl/α,β-unsaturated/α-hetero) is 2. The van der Waals surface area contributed by atoms with Crippen LogP contribution < -0.4 is 0 Å². The number of benzene rings is 1. The summed E-state index contributed by atoms with van der Waals surface area (Å²) >= 11 is 6.32. The molecule has 1 aromatic carbocycles. The Morgan fingerprint density at radius 2 is 1.88 bits per heavy atom. The third-order valence-electron chi connectivity index (χ3n) is 4.54. The quantitative estimate of drug-likeness (QED) is 0.489. The fraction of sp³-hybridized carbons (Fsp3) is 0.444. The van der Waals surface area contributed by atoms with E-state index in [1.54, 1.807) is 20.8 Å². The summed E-state index contributed by atoms with van der Waals surface area (Å²) in [4.78, 5) is 24.9. The number of halogens is 1. The maximum atomic E-state index is 12.6. The molecule has 1 N–H and O–H groups in total. The van der Waals surface area contributed by atoms with Crippen LogP contribution >= 0.6 is 11.6 Å². The van der Waals surface area contributed by atoms with Crippen LogP contribution in [0.5, 0.6) is 0 Å². The SMILES string of the molecule is CCc1c(S(C)(=O)=O)ccc(/C(O)=C2/C(=O)CCC(C)(C)C2=O)c1Cl. The van der Waals surface area contributed by atoms with Gasteiger partial charge in [0.25, 0.3) is 0 Å². The van der Waals surface area contributed by atoms with E-state index in [2.05, 4.69) is 0 Å². The molecule has 1 aliphatic carbocycles. The second kappa shape index (κ2) is 6.57. The molecule has 5 nitrogen and oxygen atoms in total. The monoisotopic (exact) mass is 384 g/mol. The molecule has 0 unspecified atom stereocenters. The lowest BCUT2D eigenvalue weighted by Gasteiger charge is -2.29. The van der Waals surface area contributed by atoms with E-state index in [4.69, 9.17) is 11.6 Å². The number of hydrogen-bond donors (Lipinski definition) is 1. The molecule has 0 bridgehead atoms. The summed E-state index contributed by atoms with van der Waals surface area (Å²) in [6.45, 7) is 5.19. The Kier molecular flexibility index (Phi) is 5.17. The summed E-state index contributed by atoms with van der Waals surface area (Å²) in [5.41, 5.74) is -0.555. The van der Waals surface area contributed by atoms with Crippen LogP contribution in [0, 0.1) is 5.41 Å². The van der Waals surface area contributed by atoms with Gasteiger partial charge in [0.2, 0.25) is 0 Å². The van der Waals surface area contributed by atoms with Crippen molar-refractivity contribution in [2.45, 2.75) is 44.9 Å². The minimum atomic E-state index is -3.49. The van der Waals surface area contributed by atoms with Crippen molar-refractivity contribution >= 4 is 38.8 Å². The van der Waals surface area contributed by atoms with E-state index < -0.39 is 32.6 Å². The van der Waals surface area contributed by atoms with Gasteiger partial charge in [-0.1, -0.05) is 32.4 Å². The Morgan fingerprint density at radius 1 is 1.28 bits per heavy atom. The average molecular weight is 385 g/mol. The van der Waals surface area contributed by atoms with E-state index in [0.29, 0.717) is 18.4 Å². The van der Waals surface area contributed by atoms with Gasteiger partial charge in [0.15, 0.2) is 21.4 Å². The van der Waals surface area contributed by atoms with Crippen LogP contribution in [0.1, 0.15) is 44.7 Å². The standard InChI is InChI=1S/C18H21ClO5S/c1-5-10-13(25(4,23)24)7-6-11(15(10)19)16(21)14-12(20)8-9-18(2,3)17(14)22/h6-7,21H,5,8-9H2,1-4H3/b16-14+. The Hall–Kier alpha value is -1.66. The summed E-state index contributed by atoms with van der Waals surface area (Å²) in [6.07, 6.45) is 1.98. The summed E-state index contributed by atoms with van der Waals surface area (Å²) < 4.78 is 23.8. The molecular formula is C18H21ClO5S. The highest BCUT2D eigenvalue weighted by molar-refractivity contribution is 7.90. The van der Waals surface area contributed by atoms with Gasteiger partial charge in [-0.3, -0.25) is 9.59 Å². The van der Waals surface area contributed by atoms with Crippen LogP contribution in [0.4, 0.5) is 0 Å². The largest absolute Gasteiger partial charge is 0.506 e. The average Bonchev–Trinajstić information content (AvgIpc) is 2.50. The first-order valence-electron chi connectivity index (χ1n) is 7.94. The summed E-state index contributed by atoms with van der Waals surface area (Å²) in [5.74, 6) is -1.34. The van der Waals surface area contributed by atoms with Crippen molar-refractivity contribution in [3.05, 3.63) is 33.9 Å². The summed E-state index contributed by atoms with van der Waals surface area (Å²) in [7, 11) is -3.49. The molecule has 1 aromatic rings. The number of carbonyl (C=O) groups is 2. The van der Waals surface area contributed by atoms with Crippen molar-refractivity contribution in [1.29, 1.82) is 0 Å². The second-order valence-electron chi connectivity index (χ2n) is 6.89. The fourth-order valence-corrected chi connectivity index (χ4v) is 4.42. The molecule has 136 valence electrons. The third-order valence-corrected chi connectivity index (χ3v) is 6.16. The molecule has 0 spiro atoms. The van der Waals surface area contributed by atoms with Crippen molar-refractivity contribution < 1.29 is 23.1 Å². The van der Waals surface area contributed by atoms with Gasteiger partial charge in [-0.15, -0.1) is 0 Å². The van der Waals surface area contributed by atoms with Crippen molar-refractivity contribution in [2.24, 2.45) is 5.41 Å². The topological polar surface area (TPSA) is 88.5 Å². The first-order chi connectivity index (χ1) is 11.4. The summed E-state index contributed by atoms with van der Waals surface area (Å²) in [6, 6.07) is 2.68. The fourth-order valence-electron chi connectivity index (χ4n) is 2.97. The Labute approximate surface area is 152 Å². The molecule has 1 fully saturated rings. The van der Waals surface area contributed by atoms with Crippen LogP contribution in [0.2, 0.25) is 5.02 Å². The smallest absolute Gasteiger partial charge is 0.175 e. The number of aliphatic hydroxyl groups is 1. The van der Waals surface area contributed by atoms with E-state index in [1.165, 1.54) is 12.1 Å². The molecule has 2 rings (SSSR count). The first kappa shape index (κ1) is 19.7. The van der Waals surface area contributed by atoms with Crippen molar-refractivity contribution in [1.82, 2.24) is 0 Å². The van der Waals surface area contributed by atoms with Gasteiger partial charge in [0.05, 0.1) is 9.92 Å². The van der Waals surface area contributed by atoms with Gasteiger partial charge >= 0.3 is 0 Å². The van der Waals surface area contributed by atoms with Gasteiger partial charge < -0.3 is 5.11 Å². The Morgan fingerprint density at radius 3 is 2.40 bits per heavy atom. The third kappa shape index (κ3) is 3.51. The minimum absolute atomic E-state index is 0.0411. The van der Waals surface area contributed by atoms with Crippen LogP contribution in [0.25, 0.3) is 5.76 Å². The van der Waals surface area contributed by atoms with E-state index in [0.717, 1.165) is 6.26 Å². The lowest BCUT2D eigenvalue weighted by molar-refractivity contribution is -0.130. The van der Waals surface area contributed by atoms with E-state index in [9.17, 15) is 23.1 Å². The van der Waals surface area contributed by atoms with Crippen molar-refractivity contribution in [3.8, 4) is 0 Å². The predicted molar refractivity (Wildman–Crippen MR) is 96.5 cm³/mol. The molecule has 0 aromatic heterocycles. The zero-order chi connectivity index (χ0) is 19.2. The first-order valence-corrected chi connectivity index (χ1v) is 10.2. The highest BCUT2D eigenvalue weighted by Crippen LogP contribution is 2.38. The van der Waals surface area contributed by atoms with Gasteiger partial charge in [-0.2, -0.15) is 0 Å². The van der Waals surface area contributed by atoms with E-state index in [-0.39, 0.29) is 27.5 Å². The number of allylic oxidation sites excluding steroid dienone is 1. The number of rotatable bonds is 3. The molecular weight excluding hydrogens is 364 g/mol. The normalized spacial score (nSPS) is 19.9. The molecule has 0 atom stereocenters. The molecule has 0 heterocycles. The molecule has 0 amide bonds. The van der Waals surface area contributed by atoms with Crippen LogP contribution in [0.15, 0.2) is 22.6 Å². The summed E-state index contributed by atoms with van der Waals surface area (Å²) in [5, 5.41) is 10.7. The molecule has 7 heteroatoms. The highest BCUT2D eigenvalue weighted by Gasteiger charge is 2.40. The van der Waals surface area contributed by atoms with Crippen LogP contribution in [-0.4, -0.2) is 31.3 Å². The number of ketones is 2. The highest BCUT2D eigenvalue weighted by atomic mass is 35.5. The maximum Gasteiger partial charge on any atom is 0.175 e. The molecule has 25 heavy (non-hydrogen) atoms. The number of aliphatic hydroxyl groups excluding tert-OH is 1. The van der Waals surface area contributed by atoms with Gasteiger partial charge in [0.1, 0.15) is 11.3 Å². The zero-order valence-electron chi connectivity index (χ0n) is 14.6. The number of carbonyl (C=O) groups excluding carboxylic acids is 2. The number of sulfone groups is 1. The molecule has 0 aliphatic heterocycles. The van der Waals surface area contributed by atoms with Crippen LogP contribution in [0.3, 0.4) is 0 Å². The second-order valence-corrected chi connectivity index (χ2v) is 9.25. The van der Waals surface area contributed by atoms with Crippen LogP contribution in [-0.2, 0) is 25.8 Å². The van der Waals surface area contributed by atoms with E-state index in [1.807, 2.05) is 0 Å². The molecule has 0 saturated heterocycles. The van der Waals surface area contributed by atoms with Gasteiger partial charge in [0, 0.05) is 23.7 Å². The van der Waals surface area contributed by atoms with E-state index >= 15 is 0 Å². The molecule has 0 radical (unpaired) electrons. The molecule has 1 aliphatic rings. The lowest BCUT2D eigenvalue weighted by Crippen LogP contribution is -2.35. The lowest BCUT2D eigenvalue weighted by atomic mass is 9.72. The Balaban J connectivity index is 2.73.